The Kier molecular flexibility index (Phi) is 7.15. The summed E-state index contributed by atoms with van der Waals surface area (Å²) in [6.45, 7) is 5.44. The third-order valence-electron chi connectivity index (χ3n) is 4.93. The van der Waals surface area contributed by atoms with Crippen LogP contribution in [0.3, 0.4) is 0 Å². The average molecular weight is 447 g/mol. The zero-order valence-electron chi connectivity index (χ0n) is 18.0. The van der Waals surface area contributed by atoms with E-state index in [-0.39, 0.29) is 24.5 Å². The van der Waals surface area contributed by atoms with Crippen LogP contribution in [0.1, 0.15) is 30.9 Å². The molecular formula is C22H27FN3O4P. The Morgan fingerprint density at radius 2 is 1.71 bits per heavy atom. The quantitative estimate of drug-likeness (QED) is 0.467. The normalized spacial score (nSPS) is 12.7. The molecule has 1 heterocycles. The number of halogens is 1. The Labute approximate surface area is 180 Å². The largest absolute Gasteiger partial charge is 0.362 e. The molecule has 0 radical (unpaired) electrons. The lowest BCUT2D eigenvalue weighted by Gasteiger charge is -2.27. The number of para-hydroxylation sites is 1. The summed E-state index contributed by atoms with van der Waals surface area (Å²) in [6, 6.07) is 14.9. The SMILES string of the molecule is CCOP(=O)(OCC)C(Nc1c(C)n(C)n(-c2ccccc2)c1=O)c1cccc(F)c1. The van der Waals surface area contributed by atoms with Gasteiger partial charge in [-0.05, 0) is 50.6 Å². The van der Waals surface area contributed by atoms with Crippen LogP contribution in [-0.4, -0.2) is 22.6 Å². The lowest BCUT2D eigenvalue weighted by atomic mass is 10.2. The van der Waals surface area contributed by atoms with Gasteiger partial charge < -0.3 is 14.4 Å². The van der Waals surface area contributed by atoms with Gasteiger partial charge in [0.05, 0.1) is 24.6 Å². The molecule has 3 aromatic rings. The van der Waals surface area contributed by atoms with Gasteiger partial charge in [0.25, 0.3) is 5.56 Å². The number of hydrogen-bond acceptors (Lipinski definition) is 5. The van der Waals surface area contributed by atoms with E-state index in [0.717, 1.165) is 0 Å². The molecule has 166 valence electrons. The Hall–Kier alpha value is -2.67. The van der Waals surface area contributed by atoms with E-state index in [1.54, 1.807) is 38.6 Å². The predicted octanol–water partition coefficient (Wildman–Crippen LogP) is 5.00. The summed E-state index contributed by atoms with van der Waals surface area (Å²) >= 11 is 0. The number of anilines is 1. The number of nitrogens with zero attached hydrogens (tertiary/aromatic N) is 2. The van der Waals surface area contributed by atoms with Crippen molar-refractivity contribution in [2.45, 2.75) is 26.6 Å². The predicted molar refractivity (Wildman–Crippen MR) is 119 cm³/mol. The molecule has 0 saturated carbocycles. The van der Waals surface area contributed by atoms with Crippen molar-refractivity contribution >= 4 is 13.3 Å². The van der Waals surface area contributed by atoms with Crippen molar-refractivity contribution in [1.29, 1.82) is 0 Å². The number of hydrogen-bond donors (Lipinski definition) is 1. The molecule has 7 nitrogen and oxygen atoms in total. The fraction of sp³-hybridized carbons (Fsp3) is 0.318. The molecule has 0 bridgehead atoms. The molecule has 0 amide bonds. The zero-order chi connectivity index (χ0) is 22.6. The molecule has 0 aliphatic heterocycles. The highest BCUT2D eigenvalue weighted by molar-refractivity contribution is 7.54. The van der Waals surface area contributed by atoms with Crippen LogP contribution in [0.2, 0.25) is 0 Å². The van der Waals surface area contributed by atoms with E-state index in [1.165, 1.54) is 22.9 Å². The van der Waals surface area contributed by atoms with Crippen LogP contribution in [0.5, 0.6) is 0 Å². The lowest BCUT2D eigenvalue weighted by Crippen LogP contribution is -2.23. The maximum Gasteiger partial charge on any atom is 0.357 e. The van der Waals surface area contributed by atoms with E-state index in [0.29, 0.717) is 16.9 Å². The van der Waals surface area contributed by atoms with E-state index in [9.17, 15) is 13.8 Å². The highest BCUT2D eigenvalue weighted by atomic mass is 31.2. The van der Waals surface area contributed by atoms with Gasteiger partial charge in [-0.15, -0.1) is 0 Å². The summed E-state index contributed by atoms with van der Waals surface area (Å²) in [5.74, 6) is -1.56. The Bertz CT molecular complexity index is 1130. The first-order chi connectivity index (χ1) is 14.8. The summed E-state index contributed by atoms with van der Waals surface area (Å²) in [7, 11) is -2.03. The first-order valence-electron chi connectivity index (χ1n) is 10.1. The number of aromatic nitrogens is 2. The molecule has 9 heteroatoms. The molecule has 0 aliphatic rings. The second-order valence-electron chi connectivity index (χ2n) is 6.91. The van der Waals surface area contributed by atoms with Crippen LogP contribution in [0, 0.1) is 12.7 Å². The standard InChI is InChI=1S/C22H27FN3O4P/c1-5-29-31(28,30-6-2)21(17-11-10-12-18(23)15-17)24-20-16(3)25(4)26(22(20)27)19-13-8-7-9-14-19/h7-15,21,24H,5-6H2,1-4H3. The number of benzene rings is 2. The monoisotopic (exact) mass is 447 g/mol. The maximum absolute atomic E-state index is 14.0. The van der Waals surface area contributed by atoms with Gasteiger partial charge in [0.15, 0.2) is 5.78 Å². The molecule has 1 N–H and O–H groups in total. The van der Waals surface area contributed by atoms with Crippen LogP contribution in [-0.2, 0) is 20.7 Å². The summed E-state index contributed by atoms with van der Waals surface area (Å²) < 4.78 is 41.9. The van der Waals surface area contributed by atoms with Crippen molar-refractivity contribution in [3.05, 3.63) is 82.0 Å². The molecule has 1 aromatic heterocycles. The van der Waals surface area contributed by atoms with Crippen LogP contribution < -0.4 is 10.9 Å². The van der Waals surface area contributed by atoms with Crippen LogP contribution in [0.4, 0.5) is 10.1 Å². The summed E-state index contributed by atoms with van der Waals surface area (Å²) in [4.78, 5) is 13.3. The van der Waals surface area contributed by atoms with Crippen molar-refractivity contribution in [3.8, 4) is 5.69 Å². The van der Waals surface area contributed by atoms with Gasteiger partial charge in [0, 0.05) is 7.05 Å². The molecule has 0 aliphatic carbocycles. The number of nitrogens with one attached hydrogen (secondary N) is 1. The Morgan fingerprint density at radius 1 is 1.06 bits per heavy atom. The molecule has 2 aromatic carbocycles. The minimum absolute atomic E-state index is 0.132. The first-order valence-corrected chi connectivity index (χ1v) is 11.7. The lowest BCUT2D eigenvalue weighted by molar-refractivity contribution is 0.214. The first kappa shape index (κ1) is 23.0. The summed E-state index contributed by atoms with van der Waals surface area (Å²) in [5, 5.41) is 3.07. The number of rotatable bonds is 9. The highest BCUT2D eigenvalue weighted by Gasteiger charge is 2.38. The molecule has 1 unspecified atom stereocenters. The fourth-order valence-corrected chi connectivity index (χ4v) is 5.34. The molecule has 3 rings (SSSR count). The third-order valence-corrected chi connectivity index (χ3v) is 7.23. The topological polar surface area (TPSA) is 74.5 Å². The van der Waals surface area contributed by atoms with Crippen molar-refractivity contribution in [1.82, 2.24) is 9.36 Å². The molecule has 31 heavy (non-hydrogen) atoms. The molecule has 0 fully saturated rings. The Morgan fingerprint density at radius 3 is 2.29 bits per heavy atom. The average Bonchev–Trinajstić information content (AvgIpc) is 2.95. The van der Waals surface area contributed by atoms with Gasteiger partial charge in [0.2, 0.25) is 0 Å². The molecular weight excluding hydrogens is 420 g/mol. The van der Waals surface area contributed by atoms with E-state index in [2.05, 4.69) is 5.32 Å². The van der Waals surface area contributed by atoms with Gasteiger partial charge in [-0.25, -0.2) is 9.07 Å². The molecule has 0 saturated heterocycles. The second kappa shape index (κ2) is 9.64. The summed E-state index contributed by atoms with van der Waals surface area (Å²) in [6.07, 6.45) is 0. The smallest absolute Gasteiger partial charge is 0.357 e. The van der Waals surface area contributed by atoms with Crippen LogP contribution in [0.25, 0.3) is 5.69 Å². The maximum atomic E-state index is 14.0. The molecule has 1 atom stereocenters. The third kappa shape index (κ3) is 4.66. The van der Waals surface area contributed by atoms with Crippen molar-refractivity contribution in [3.63, 3.8) is 0 Å². The summed E-state index contributed by atoms with van der Waals surface area (Å²) in [5.41, 5.74) is 1.58. The van der Waals surface area contributed by atoms with Crippen molar-refractivity contribution in [2.75, 3.05) is 18.5 Å². The molecule has 0 spiro atoms. The van der Waals surface area contributed by atoms with E-state index < -0.39 is 19.2 Å². The van der Waals surface area contributed by atoms with Gasteiger partial charge in [-0.2, -0.15) is 0 Å². The Balaban J connectivity index is 2.15. The van der Waals surface area contributed by atoms with Gasteiger partial charge in [0.1, 0.15) is 11.5 Å². The second-order valence-corrected chi connectivity index (χ2v) is 9.03. The van der Waals surface area contributed by atoms with E-state index >= 15 is 0 Å². The minimum atomic E-state index is -3.79. The van der Waals surface area contributed by atoms with E-state index in [1.807, 2.05) is 30.3 Å². The van der Waals surface area contributed by atoms with Crippen LogP contribution in [0.15, 0.2) is 59.4 Å². The van der Waals surface area contributed by atoms with Gasteiger partial charge in [-0.3, -0.25) is 14.0 Å². The van der Waals surface area contributed by atoms with Crippen molar-refractivity contribution in [2.24, 2.45) is 7.05 Å². The van der Waals surface area contributed by atoms with E-state index in [4.69, 9.17) is 9.05 Å². The van der Waals surface area contributed by atoms with Gasteiger partial charge >= 0.3 is 7.60 Å². The van der Waals surface area contributed by atoms with Gasteiger partial charge in [-0.1, -0.05) is 30.3 Å². The van der Waals surface area contributed by atoms with Crippen LogP contribution >= 0.6 is 7.60 Å². The van der Waals surface area contributed by atoms with Crippen molar-refractivity contribution < 1.29 is 18.0 Å². The fourth-order valence-electron chi connectivity index (χ4n) is 3.44. The highest BCUT2D eigenvalue weighted by Crippen LogP contribution is 2.60. The minimum Gasteiger partial charge on any atom is -0.362 e. The zero-order valence-corrected chi connectivity index (χ0v) is 18.9.